The summed E-state index contributed by atoms with van der Waals surface area (Å²) < 4.78 is 42.4. The van der Waals surface area contributed by atoms with Crippen LogP contribution in [0.25, 0.3) is 0 Å². The number of hydrogen-bond acceptors (Lipinski definition) is 5. The zero-order chi connectivity index (χ0) is 14.6. The molecule has 0 saturated heterocycles. The van der Waals surface area contributed by atoms with Crippen molar-refractivity contribution < 1.29 is 17.6 Å². The number of anilines is 1. The molecule has 0 fully saturated rings. The van der Waals surface area contributed by atoms with Gasteiger partial charge in [-0.05, 0) is 24.7 Å². The third-order valence-electron chi connectivity index (χ3n) is 2.52. The van der Waals surface area contributed by atoms with E-state index < -0.39 is 11.7 Å². The molecule has 0 atom stereocenters. The molecular formula is C12H13F3N4O. The van der Waals surface area contributed by atoms with Crippen LogP contribution in [0, 0.1) is 0 Å². The molecule has 5 nitrogen and oxygen atoms in total. The lowest BCUT2D eigenvalue weighted by Gasteiger charge is -2.07. The van der Waals surface area contributed by atoms with Gasteiger partial charge in [-0.3, -0.25) is 0 Å². The number of nitrogens with zero attached hydrogens (tertiary/aromatic N) is 2. The lowest BCUT2D eigenvalue weighted by molar-refractivity contribution is -0.137. The second-order valence-corrected chi connectivity index (χ2v) is 4.08. The van der Waals surface area contributed by atoms with Gasteiger partial charge >= 0.3 is 12.2 Å². The molecule has 0 spiro atoms. The third-order valence-corrected chi connectivity index (χ3v) is 2.52. The van der Waals surface area contributed by atoms with Crippen molar-refractivity contribution in [1.82, 2.24) is 15.5 Å². The maximum Gasteiger partial charge on any atom is 0.416 e. The minimum absolute atomic E-state index is 0.232. The molecule has 0 saturated carbocycles. The quantitative estimate of drug-likeness (QED) is 0.883. The van der Waals surface area contributed by atoms with Crippen molar-refractivity contribution in [2.75, 3.05) is 12.4 Å². The summed E-state index contributed by atoms with van der Waals surface area (Å²) in [7, 11) is 1.75. The maximum absolute atomic E-state index is 12.4. The van der Waals surface area contributed by atoms with Crippen LogP contribution in [0.2, 0.25) is 0 Å². The minimum Gasteiger partial charge on any atom is -0.407 e. The van der Waals surface area contributed by atoms with E-state index in [1.807, 2.05) is 0 Å². The molecule has 2 N–H and O–H groups in total. The predicted octanol–water partition coefficient (Wildman–Crippen LogP) is 2.42. The fourth-order valence-corrected chi connectivity index (χ4v) is 1.54. The molecule has 0 radical (unpaired) electrons. The Morgan fingerprint density at radius 3 is 2.40 bits per heavy atom. The van der Waals surface area contributed by atoms with Crippen molar-refractivity contribution in [2.45, 2.75) is 19.3 Å². The van der Waals surface area contributed by atoms with E-state index in [9.17, 15) is 13.2 Å². The SMILES string of the molecule is CNCc1nnc(NCc2ccc(C(F)(F)F)cc2)o1. The van der Waals surface area contributed by atoms with Crippen molar-refractivity contribution in [3.63, 3.8) is 0 Å². The molecule has 2 rings (SSSR count). The first-order chi connectivity index (χ1) is 9.49. The number of aromatic nitrogens is 2. The highest BCUT2D eigenvalue weighted by atomic mass is 19.4. The zero-order valence-electron chi connectivity index (χ0n) is 10.7. The molecule has 0 aliphatic rings. The molecule has 0 aliphatic carbocycles. The number of hydrogen-bond donors (Lipinski definition) is 2. The summed E-state index contributed by atoms with van der Waals surface area (Å²) in [5.74, 6) is 0.433. The smallest absolute Gasteiger partial charge is 0.407 e. The van der Waals surface area contributed by atoms with E-state index in [0.29, 0.717) is 24.5 Å². The van der Waals surface area contributed by atoms with Gasteiger partial charge in [0, 0.05) is 6.54 Å². The fourth-order valence-electron chi connectivity index (χ4n) is 1.54. The number of alkyl halides is 3. The molecule has 0 unspecified atom stereocenters. The van der Waals surface area contributed by atoms with Gasteiger partial charge in [0.1, 0.15) is 0 Å². The van der Waals surface area contributed by atoms with Crippen LogP contribution < -0.4 is 10.6 Å². The maximum atomic E-state index is 12.4. The highest BCUT2D eigenvalue weighted by Crippen LogP contribution is 2.29. The molecule has 1 aromatic carbocycles. The van der Waals surface area contributed by atoms with Crippen LogP contribution in [0.4, 0.5) is 19.2 Å². The van der Waals surface area contributed by atoms with Gasteiger partial charge in [0.2, 0.25) is 5.89 Å². The van der Waals surface area contributed by atoms with Gasteiger partial charge in [-0.15, -0.1) is 5.10 Å². The highest BCUT2D eigenvalue weighted by molar-refractivity contribution is 5.28. The van der Waals surface area contributed by atoms with Crippen LogP contribution in [0.1, 0.15) is 17.0 Å². The number of benzene rings is 1. The fraction of sp³-hybridized carbons (Fsp3) is 0.333. The van der Waals surface area contributed by atoms with Gasteiger partial charge in [0.15, 0.2) is 0 Å². The summed E-state index contributed by atoms with van der Waals surface area (Å²) >= 11 is 0. The summed E-state index contributed by atoms with van der Waals surface area (Å²) in [5, 5.41) is 13.2. The Labute approximate surface area is 113 Å². The Balaban J connectivity index is 1.93. The summed E-state index contributed by atoms with van der Waals surface area (Å²) in [5.41, 5.74) is 0.0155. The second kappa shape index (κ2) is 5.91. The summed E-state index contributed by atoms with van der Waals surface area (Å²) in [6.07, 6.45) is -4.32. The van der Waals surface area contributed by atoms with Gasteiger partial charge in [-0.1, -0.05) is 17.2 Å². The van der Waals surface area contributed by atoms with Crippen LogP contribution in [-0.4, -0.2) is 17.2 Å². The summed E-state index contributed by atoms with van der Waals surface area (Å²) in [6, 6.07) is 5.12. The van der Waals surface area contributed by atoms with Crippen molar-refractivity contribution in [3.8, 4) is 0 Å². The Morgan fingerprint density at radius 2 is 1.80 bits per heavy atom. The molecule has 0 amide bonds. The molecule has 2 aromatic rings. The standard InChI is InChI=1S/C12H13F3N4O/c1-16-7-10-18-19-11(20-10)17-6-8-2-4-9(5-3-8)12(13,14)15/h2-5,16H,6-7H2,1H3,(H,17,19). The van der Waals surface area contributed by atoms with Gasteiger partial charge in [0.05, 0.1) is 12.1 Å². The van der Waals surface area contributed by atoms with E-state index in [4.69, 9.17) is 4.42 Å². The first-order valence-electron chi connectivity index (χ1n) is 5.86. The second-order valence-electron chi connectivity index (χ2n) is 4.08. The van der Waals surface area contributed by atoms with Crippen LogP contribution >= 0.6 is 0 Å². The van der Waals surface area contributed by atoms with Crippen molar-refractivity contribution in [2.24, 2.45) is 0 Å². The number of nitrogens with one attached hydrogen (secondary N) is 2. The Hall–Kier alpha value is -2.09. The van der Waals surface area contributed by atoms with E-state index >= 15 is 0 Å². The van der Waals surface area contributed by atoms with Gasteiger partial charge in [0.25, 0.3) is 0 Å². The van der Waals surface area contributed by atoms with E-state index in [1.165, 1.54) is 12.1 Å². The molecule has 0 bridgehead atoms. The Morgan fingerprint density at radius 1 is 1.10 bits per heavy atom. The van der Waals surface area contributed by atoms with Gasteiger partial charge < -0.3 is 15.1 Å². The average Bonchev–Trinajstić information content (AvgIpc) is 2.84. The van der Waals surface area contributed by atoms with Crippen LogP contribution in [-0.2, 0) is 19.3 Å². The van der Waals surface area contributed by atoms with E-state index in [-0.39, 0.29) is 6.01 Å². The van der Waals surface area contributed by atoms with Gasteiger partial charge in [-0.25, -0.2) is 0 Å². The lowest BCUT2D eigenvalue weighted by atomic mass is 10.1. The predicted molar refractivity (Wildman–Crippen MR) is 65.8 cm³/mol. The molecule has 0 aliphatic heterocycles. The van der Waals surface area contributed by atoms with E-state index in [0.717, 1.165) is 12.1 Å². The molecule has 8 heteroatoms. The molecule has 1 heterocycles. The van der Waals surface area contributed by atoms with Crippen LogP contribution in [0.15, 0.2) is 28.7 Å². The third kappa shape index (κ3) is 3.70. The topological polar surface area (TPSA) is 63.0 Å². The molecule has 108 valence electrons. The first kappa shape index (κ1) is 14.3. The van der Waals surface area contributed by atoms with E-state index in [1.54, 1.807) is 7.05 Å². The summed E-state index contributed by atoms with van der Waals surface area (Å²) in [4.78, 5) is 0. The number of rotatable bonds is 5. The van der Waals surface area contributed by atoms with Crippen molar-refractivity contribution >= 4 is 6.01 Å². The summed E-state index contributed by atoms with van der Waals surface area (Å²) in [6.45, 7) is 0.758. The largest absolute Gasteiger partial charge is 0.416 e. The van der Waals surface area contributed by atoms with Crippen molar-refractivity contribution in [1.29, 1.82) is 0 Å². The van der Waals surface area contributed by atoms with E-state index in [2.05, 4.69) is 20.8 Å². The first-order valence-corrected chi connectivity index (χ1v) is 5.86. The monoisotopic (exact) mass is 286 g/mol. The van der Waals surface area contributed by atoms with Crippen LogP contribution in [0.5, 0.6) is 0 Å². The Bertz CT molecular complexity index is 551. The molecule has 20 heavy (non-hydrogen) atoms. The minimum atomic E-state index is -4.32. The molecule has 1 aromatic heterocycles. The number of halogens is 3. The zero-order valence-corrected chi connectivity index (χ0v) is 10.7. The average molecular weight is 286 g/mol. The molecular weight excluding hydrogens is 273 g/mol. The normalized spacial score (nSPS) is 11.6. The Kier molecular flexibility index (Phi) is 4.23. The van der Waals surface area contributed by atoms with Crippen molar-refractivity contribution in [3.05, 3.63) is 41.3 Å². The van der Waals surface area contributed by atoms with Gasteiger partial charge in [-0.2, -0.15) is 13.2 Å². The lowest BCUT2D eigenvalue weighted by Crippen LogP contribution is -2.05. The van der Waals surface area contributed by atoms with Crippen LogP contribution in [0.3, 0.4) is 0 Å². The highest BCUT2D eigenvalue weighted by Gasteiger charge is 2.29.